The molecule has 0 saturated carbocycles. The summed E-state index contributed by atoms with van der Waals surface area (Å²) in [5, 5.41) is 10.4. The maximum Gasteiger partial charge on any atom is 0.279 e. The molecule has 0 radical (unpaired) electrons. The van der Waals surface area contributed by atoms with E-state index in [2.05, 4.69) is 33.6 Å². The molecule has 212 valence electrons. The van der Waals surface area contributed by atoms with E-state index in [1.165, 1.54) is 12.7 Å². The van der Waals surface area contributed by atoms with Gasteiger partial charge in [-0.15, -0.1) is 0 Å². The fourth-order valence-electron chi connectivity index (χ4n) is 5.76. The minimum atomic E-state index is -0.471. The van der Waals surface area contributed by atoms with Gasteiger partial charge in [0.05, 0.1) is 18.2 Å². The molecule has 0 spiro atoms. The summed E-state index contributed by atoms with van der Waals surface area (Å²) in [4.78, 5) is 30.5. The number of benzene rings is 2. The molecule has 6 rings (SSSR count). The number of aromatic hydroxyl groups is 1. The number of phenolic OH excluding ortho intramolecular Hbond substituents is 1. The van der Waals surface area contributed by atoms with Crippen LogP contribution in [0.15, 0.2) is 67.0 Å². The second-order valence-corrected chi connectivity index (χ2v) is 10.5. The average molecular weight is 555 g/mol. The van der Waals surface area contributed by atoms with Gasteiger partial charge >= 0.3 is 0 Å². The van der Waals surface area contributed by atoms with Crippen molar-refractivity contribution in [2.75, 3.05) is 31.7 Å². The van der Waals surface area contributed by atoms with E-state index in [9.17, 15) is 9.90 Å². The second-order valence-electron chi connectivity index (χ2n) is 10.5. The van der Waals surface area contributed by atoms with E-state index in [1.807, 2.05) is 24.3 Å². The van der Waals surface area contributed by atoms with Crippen LogP contribution in [-0.2, 0) is 9.57 Å². The van der Waals surface area contributed by atoms with Crippen molar-refractivity contribution in [3.8, 4) is 22.8 Å². The van der Waals surface area contributed by atoms with Crippen LogP contribution in [0.25, 0.3) is 22.2 Å². The summed E-state index contributed by atoms with van der Waals surface area (Å²) >= 11 is 0. The summed E-state index contributed by atoms with van der Waals surface area (Å²) in [6.07, 6.45) is 7.54. The standard InChI is InChI=1S/C32H34N4O5/c1-39-31-29(32(38)35-41-28-7-2-3-18-40-28)26-20-33-15-12-27(26)34-30(31)22-8-10-24(11-9-22)36-16-13-21(14-17-36)23-5-4-6-25(37)19-23/h4-6,8-12,15,19-21,28,37H,2-3,7,13-14,16-18H2,1H3,(H,35,38). The number of nitrogens with zero attached hydrogens (tertiary/aromatic N) is 3. The highest BCUT2D eigenvalue weighted by atomic mass is 16.8. The Kier molecular flexibility index (Phi) is 7.98. The van der Waals surface area contributed by atoms with Crippen molar-refractivity contribution in [3.63, 3.8) is 0 Å². The smallest absolute Gasteiger partial charge is 0.279 e. The lowest BCUT2D eigenvalue weighted by Crippen LogP contribution is -2.33. The summed E-state index contributed by atoms with van der Waals surface area (Å²) in [5.74, 6) is 0.678. The minimum Gasteiger partial charge on any atom is -0.508 e. The van der Waals surface area contributed by atoms with Gasteiger partial charge in [-0.2, -0.15) is 0 Å². The number of fused-ring (bicyclic) bond motifs is 1. The Bertz CT molecular complexity index is 1510. The van der Waals surface area contributed by atoms with Crippen LogP contribution in [0.1, 0.15) is 53.9 Å². The number of carbonyl (C=O) groups is 1. The lowest BCUT2D eigenvalue weighted by Gasteiger charge is -2.34. The molecule has 2 fully saturated rings. The molecule has 9 heteroatoms. The quantitative estimate of drug-likeness (QED) is 0.285. The predicted octanol–water partition coefficient (Wildman–Crippen LogP) is 5.58. The van der Waals surface area contributed by atoms with E-state index < -0.39 is 12.2 Å². The highest BCUT2D eigenvalue weighted by Crippen LogP contribution is 2.37. The van der Waals surface area contributed by atoms with Gasteiger partial charge < -0.3 is 19.5 Å². The molecule has 2 aliphatic rings. The number of carbonyl (C=O) groups excluding carboxylic acids is 1. The van der Waals surface area contributed by atoms with Crippen LogP contribution >= 0.6 is 0 Å². The highest BCUT2D eigenvalue weighted by molar-refractivity contribution is 6.09. The number of ether oxygens (including phenoxy) is 2. The Hall–Kier alpha value is -4.21. The first-order chi connectivity index (χ1) is 20.1. The summed E-state index contributed by atoms with van der Waals surface area (Å²) in [5.41, 5.74) is 7.24. The zero-order valence-corrected chi connectivity index (χ0v) is 23.1. The number of methoxy groups -OCH3 is 1. The van der Waals surface area contributed by atoms with E-state index in [0.717, 1.165) is 56.4 Å². The molecule has 4 aromatic rings. The van der Waals surface area contributed by atoms with Crippen LogP contribution in [0.2, 0.25) is 0 Å². The van der Waals surface area contributed by atoms with Gasteiger partial charge in [0.25, 0.3) is 5.91 Å². The molecule has 1 unspecified atom stereocenters. The van der Waals surface area contributed by atoms with Crippen LogP contribution in [-0.4, -0.2) is 54.1 Å². The number of phenols is 1. The van der Waals surface area contributed by atoms with E-state index in [0.29, 0.717) is 46.2 Å². The topological polar surface area (TPSA) is 106 Å². The molecule has 2 N–H and O–H groups in total. The zero-order chi connectivity index (χ0) is 28.2. The van der Waals surface area contributed by atoms with E-state index in [-0.39, 0.29) is 0 Å². The Morgan fingerprint density at radius 2 is 1.90 bits per heavy atom. The van der Waals surface area contributed by atoms with E-state index in [4.69, 9.17) is 19.3 Å². The fourth-order valence-corrected chi connectivity index (χ4v) is 5.76. The van der Waals surface area contributed by atoms with Crippen molar-refractivity contribution < 1.29 is 24.2 Å². The zero-order valence-electron chi connectivity index (χ0n) is 23.1. The summed E-state index contributed by atoms with van der Waals surface area (Å²) in [6.45, 7) is 2.47. The molecule has 41 heavy (non-hydrogen) atoms. The highest BCUT2D eigenvalue weighted by Gasteiger charge is 2.25. The van der Waals surface area contributed by atoms with Crippen molar-refractivity contribution in [1.29, 1.82) is 0 Å². The normalized spacial score (nSPS) is 17.9. The Balaban J connectivity index is 1.23. The molecular formula is C32H34N4O5. The monoisotopic (exact) mass is 554 g/mol. The molecule has 9 nitrogen and oxygen atoms in total. The van der Waals surface area contributed by atoms with Gasteiger partial charge in [0, 0.05) is 55.1 Å². The summed E-state index contributed by atoms with van der Waals surface area (Å²) in [6, 6.07) is 17.6. The second kappa shape index (κ2) is 12.1. The Morgan fingerprint density at radius 3 is 2.63 bits per heavy atom. The maximum absolute atomic E-state index is 13.4. The van der Waals surface area contributed by atoms with Crippen molar-refractivity contribution in [3.05, 3.63) is 78.1 Å². The first-order valence-corrected chi connectivity index (χ1v) is 14.1. The van der Waals surface area contributed by atoms with Crippen molar-refractivity contribution in [2.24, 2.45) is 0 Å². The molecule has 1 atom stereocenters. The summed E-state index contributed by atoms with van der Waals surface area (Å²) < 4.78 is 11.4. The van der Waals surface area contributed by atoms with Gasteiger partial charge in [-0.1, -0.05) is 24.3 Å². The molecule has 2 aromatic carbocycles. The molecule has 2 aromatic heterocycles. The van der Waals surface area contributed by atoms with Gasteiger partial charge in [-0.05, 0) is 67.5 Å². The first-order valence-electron chi connectivity index (χ1n) is 14.1. The van der Waals surface area contributed by atoms with E-state index in [1.54, 1.807) is 24.5 Å². The third kappa shape index (κ3) is 5.82. The number of piperidine rings is 1. The first kappa shape index (κ1) is 27.0. The Morgan fingerprint density at radius 1 is 1.07 bits per heavy atom. The average Bonchev–Trinajstić information content (AvgIpc) is 3.03. The number of aromatic nitrogens is 2. The van der Waals surface area contributed by atoms with Gasteiger partial charge in [0.1, 0.15) is 11.4 Å². The van der Waals surface area contributed by atoms with Crippen molar-refractivity contribution in [1.82, 2.24) is 15.4 Å². The van der Waals surface area contributed by atoms with Gasteiger partial charge in [-0.25, -0.2) is 15.3 Å². The third-order valence-electron chi connectivity index (χ3n) is 7.94. The lowest BCUT2D eigenvalue weighted by atomic mass is 9.89. The summed E-state index contributed by atoms with van der Waals surface area (Å²) in [7, 11) is 1.54. The minimum absolute atomic E-state index is 0.314. The van der Waals surface area contributed by atoms with E-state index >= 15 is 0 Å². The number of nitrogens with one attached hydrogen (secondary N) is 1. The number of hydrogen-bond acceptors (Lipinski definition) is 8. The van der Waals surface area contributed by atoms with Gasteiger partial charge in [0.15, 0.2) is 12.0 Å². The molecular weight excluding hydrogens is 520 g/mol. The molecule has 2 saturated heterocycles. The Labute approximate surface area is 239 Å². The van der Waals surface area contributed by atoms with Crippen molar-refractivity contribution in [2.45, 2.75) is 44.3 Å². The van der Waals surface area contributed by atoms with Crippen LogP contribution < -0.4 is 15.1 Å². The molecule has 0 aliphatic carbocycles. The van der Waals surface area contributed by atoms with Gasteiger partial charge in [-0.3, -0.25) is 9.78 Å². The van der Waals surface area contributed by atoms with Crippen LogP contribution in [0.3, 0.4) is 0 Å². The number of amides is 1. The predicted molar refractivity (Wildman–Crippen MR) is 156 cm³/mol. The number of anilines is 1. The largest absolute Gasteiger partial charge is 0.508 e. The molecule has 4 heterocycles. The number of hydroxylamine groups is 1. The number of hydrogen-bond donors (Lipinski definition) is 2. The lowest BCUT2D eigenvalue weighted by molar-refractivity contribution is -0.186. The maximum atomic E-state index is 13.4. The molecule has 0 bridgehead atoms. The number of pyridine rings is 2. The third-order valence-corrected chi connectivity index (χ3v) is 7.94. The van der Waals surface area contributed by atoms with Crippen LogP contribution in [0.5, 0.6) is 11.5 Å². The van der Waals surface area contributed by atoms with Gasteiger partial charge in [0.2, 0.25) is 0 Å². The number of rotatable bonds is 7. The molecule has 1 amide bonds. The molecule has 2 aliphatic heterocycles. The fraction of sp³-hybridized carbons (Fsp3) is 0.344. The van der Waals surface area contributed by atoms with Crippen LogP contribution in [0.4, 0.5) is 5.69 Å². The SMILES string of the molecule is COc1c(-c2ccc(N3CCC(c4cccc(O)c4)CC3)cc2)nc2ccncc2c1C(=O)NOC1CCCCO1. The van der Waals surface area contributed by atoms with Crippen LogP contribution in [0, 0.1) is 0 Å². The van der Waals surface area contributed by atoms with Crippen molar-refractivity contribution >= 4 is 22.5 Å².